The van der Waals surface area contributed by atoms with Crippen LogP contribution in [0.5, 0.6) is 11.6 Å². The highest BCUT2D eigenvalue weighted by atomic mass is 16.5. The third-order valence-electron chi connectivity index (χ3n) is 2.48. The van der Waals surface area contributed by atoms with Crippen LogP contribution in [-0.2, 0) is 0 Å². The van der Waals surface area contributed by atoms with E-state index in [1.807, 2.05) is 31.2 Å². The minimum Gasteiger partial charge on any atom is -0.439 e. The maximum Gasteiger partial charge on any atom is 0.251 e. The number of carbonyl (C=O) groups excluding carboxylic acids is 1. The second kappa shape index (κ2) is 4.75. The van der Waals surface area contributed by atoms with Gasteiger partial charge in [-0.25, -0.2) is 4.98 Å². The first-order chi connectivity index (χ1) is 8.58. The average molecular weight is 243 g/mol. The minimum absolute atomic E-state index is 0.202. The second-order valence-electron chi connectivity index (χ2n) is 3.84. The maximum atomic E-state index is 11.2. The van der Waals surface area contributed by atoms with Crippen molar-refractivity contribution in [2.45, 2.75) is 6.92 Å². The number of ether oxygens (including phenoxy) is 1. The summed E-state index contributed by atoms with van der Waals surface area (Å²) < 4.78 is 5.58. The fourth-order valence-corrected chi connectivity index (χ4v) is 1.50. The Morgan fingerprint density at radius 2 is 2.06 bits per heavy atom. The molecule has 0 bridgehead atoms. The lowest BCUT2D eigenvalue weighted by Gasteiger charge is -2.09. The van der Waals surface area contributed by atoms with Gasteiger partial charge in [-0.3, -0.25) is 4.79 Å². The van der Waals surface area contributed by atoms with Crippen molar-refractivity contribution in [1.29, 1.82) is 0 Å². The molecule has 0 aliphatic carbocycles. The number of amides is 1. The first kappa shape index (κ1) is 11.9. The van der Waals surface area contributed by atoms with E-state index >= 15 is 0 Å². The third-order valence-corrected chi connectivity index (χ3v) is 2.48. The van der Waals surface area contributed by atoms with Crippen molar-refractivity contribution in [3.8, 4) is 11.6 Å². The van der Waals surface area contributed by atoms with E-state index in [-0.39, 0.29) is 17.1 Å². The number of carbonyl (C=O) groups is 1. The number of anilines is 1. The SMILES string of the molecule is Cc1ccccc1Oc1cc(C(N)=O)c(N)cn1. The number of nitrogens with two attached hydrogens (primary N) is 2. The van der Waals surface area contributed by atoms with E-state index in [4.69, 9.17) is 16.2 Å². The summed E-state index contributed by atoms with van der Waals surface area (Å²) >= 11 is 0. The normalized spacial score (nSPS) is 10.1. The van der Waals surface area contributed by atoms with Gasteiger partial charge in [0.05, 0.1) is 17.4 Å². The molecule has 2 rings (SSSR count). The van der Waals surface area contributed by atoms with E-state index in [0.29, 0.717) is 5.75 Å². The highest BCUT2D eigenvalue weighted by Crippen LogP contribution is 2.24. The Bertz CT molecular complexity index is 597. The standard InChI is InChI=1S/C13H13N3O2/c1-8-4-2-3-5-11(8)18-12-6-9(13(15)17)10(14)7-16-12/h2-7H,14H2,1H3,(H2,15,17). The highest BCUT2D eigenvalue weighted by Gasteiger charge is 2.09. The zero-order valence-electron chi connectivity index (χ0n) is 9.88. The van der Waals surface area contributed by atoms with Crippen LogP contribution in [-0.4, -0.2) is 10.9 Å². The van der Waals surface area contributed by atoms with Gasteiger partial charge in [-0.1, -0.05) is 18.2 Å². The van der Waals surface area contributed by atoms with Crippen LogP contribution in [0.3, 0.4) is 0 Å². The fourth-order valence-electron chi connectivity index (χ4n) is 1.50. The molecule has 92 valence electrons. The summed E-state index contributed by atoms with van der Waals surface area (Å²) in [6.45, 7) is 1.92. The van der Waals surface area contributed by atoms with Crippen molar-refractivity contribution in [3.63, 3.8) is 0 Å². The summed E-state index contributed by atoms with van der Waals surface area (Å²) in [5, 5.41) is 0. The lowest BCUT2D eigenvalue weighted by Crippen LogP contribution is -2.13. The molecule has 0 saturated heterocycles. The number of rotatable bonds is 3. The van der Waals surface area contributed by atoms with E-state index in [1.54, 1.807) is 0 Å². The molecule has 1 heterocycles. The number of aryl methyl sites for hydroxylation is 1. The van der Waals surface area contributed by atoms with Crippen LogP contribution < -0.4 is 16.2 Å². The Morgan fingerprint density at radius 3 is 2.72 bits per heavy atom. The van der Waals surface area contributed by atoms with Gasteiger partial charge in [-0.2, -0.15) is 0 Å². The number of hydrogen-bond acceptors (Lipinski definition) is 4. The molecule has 0 radical (unpaired) electrons. The molecule has 0 atom stereocenters. The quantitative estimate of drug-likeness (QED) is 0.860. The number of pyridine rings is 1. The summed E-state index contributed by atoms with van der Waals surface area (Å²) in [6.07, 6.45) is 1.35. The van der Waals surface area contributed by atoms with Gasteiger partial charge < -0.3 is 16.2 Å². The topological polar surface area (TPSA) is 91.2 Å². The second-order valence-corrected chi connectivity index (χ2v) is 3.84. The summed E-state index contributed by atoms with van der Waals surface area (Å²) in [5.74, 6) is 0.349. The smallest absolute Gasteiger partial charge is 0.251 e. The van der Waals surface area contributed by atoms with Gasteiger partial charge in [-0.05, 0) is 18.6 Å². The Labute approximate surface area is 104 Å². The highest BCUT2D eigenvalue weighted by molar-refractivity contribution is 5.98. The maximum absolute atomic E-state index is 11.2. The Kier molecular flexibility index (Phi) is 3.14. The van der Waals surface area contributed by atoms with E-state index in [9.17, 15) is 4.79 Å². The van der Waals surface area contributed by atoms with Crippen molar-refractivity contribution >= 4 is 11.6 Å². The van der Waals surface area contributed by atoms with Gasteiger partial charge in [0.2, 0.25) is 5.88 Å². The summed E-state index contributed by atoms with van der Waals surface area (Å²) in [4.78, 5) is 15.2. The largest absolute Gasteiger partial charge is 0.439 e. The fraction of sp³-hybridized carbons (Fsp3) is 0.0769. The molecule has 5 nitrogen and oxygen atoms in total. The average Bonchev–Trinajstić information content (AvgIpc) is 2.34. The van der Waals surface area contributed by atoms with Crippen LogP contribution in [0.25, 0.3) is 0 Å². The van der Waals surface area contributed by atoms with Crippen LogP contribution in [0.2, 0.25) is 0 Å². The van der Waals surface area contributed by atoms with E-state index < -0.39 is 5.91 Å². The predicted octanol–water partition coefficient (Wildman–Crippen LogP) is 1.86. The molecule has 5 heteroatoms. The molecule has 18 heavy (non-hydrogen) atoms. The third kappa shape index (κ3) is 2.40. The van der Waals surface area contributed by atoms with Gasteiger partial charge in [0.25, 0.3) is 5.91 Å². The van der Waals surface area contributed by atoms with Crippen LogP contribution in [0, 0.1) is 6.92 Å². The van der Waals surface area contributed by atoms with Crippen molar-refractivity contribution in [2.24, 2.45) is 5.73 Å². The molecule has 1 aromatic carbocycles. The zero-order valence-corrected chi connectivity index (χ0v) is 9.88. The first-order valence-corrected chi connectivity index (χ1v) is 5.36. The Balaban J connectivity index is 2.33. The molecule has 1 amide bonds. The van der Waals surface area contributed by atoms with Gasteiger partial charge in [0.1, 0.15) is 5.75 Å². The molecule has 0 fully saturated rings. The summed E-state index contributed by atoms with van der Waals surface area (Å²) in [6, 6.07) is 8.94. The van der Waals surface area contributed by atoms with E-state index in [0.717, 1.165) is 5.56 Å². The molecular formula is C13H13N3O2. The number of aromatic nitrogens is 1. The van der Waals surface area contributed by atoms with Gasteiger partial charge in [0.15, 0.2) is 0 Å². The molecule has 0 aliphatic heterocycles. The lowest BCUT2D eigenvalue weighted by atomic mass is 10.2. The van der Waals surface area contributed by atoms with Crippen LogP contribution in [0.15, 0.2) is 36.5 Å². The van der Waals surface area contributed by atoms with E-state index in [1.165, 1.54) is 12.3 Å². The molecule has 1 aromatic heterocycles. The van der Waals surface area contributed by atoms with Gasteiger partial charge >= 0.3 is 0 Å². The molecule has 2 aromatic rings. The van der Waals surface area contributed by atoms with Gasteiger partial charge in [-0.15, -0.1) is 0 Å². The zero-order chi connectivity index (χ0) is 13.1. The Hall–Kier alpha value is -2.56. The molecule has 0 unspecified atom stereocenters. The summed E-state index contributed by atoms with van der Waals surface area (Å²) in [5.41, 5.74) is 12.2. The monoisotopic (exact) mass is 243 g/mol. The minimum atomic E-state index is -0.607. The van der Waals surface area contributed by atoms with E-state index in [2.05, 4.69) is 4.98 Å². The van der Waals surface area contributed by atoms with Crippen molar-refractivity contribution in [3.05, 3.63) is 47.7 Å². The van der Waals surface area contributed by atoms with Crippen molar-refractivity contribution in [1.82, 2.24) is 4.98 Å². The predicted molar refractivity (Wildman–Crippen MR) is 68.4 cm³/mol. The summed E-state index contributed by atoms with van der Waals surface area (Å²) in [7, 11) is 0. The molecule has 4 N–H and O–H groups in total. The lowest BCUT2D eigenvalue weighted by molar-refractivity contribution is 0.100. The van der Waals surface area contributed by atoms with Crippen LogP contribution in [0.4, 0.5) is 5.69 Å². The Morgan fingerprint density at radius 1 is 1.33 bits per heavy atom. The number of para-hydroxylation sites is 1. The molecule has 0 spiro atoms. The molecule has 0 saturated carbocycles. The molecule has 0 aliphatic rings. The number of nitrogen functional groups attached to an aromatic ring is 1. The number of benzene rings is 1. The number of primary amides is 1. The van der Waals surface area contributed by atoms with Crippen molar-refractivity contribution < 1.29 is 9.53 Å². The van der Waals surface area contributed by atoms with Crippen molar-refractivity contribution in [2.75, 3.05) is 5.73 Å². The molecular weight excluding hydrogens is 230 g/mol. The van der Waals surface area contributed by atoms with Gasteiger partial charge in [0, 0.05) is 6.07 Å². The van der Waals surface area contributed by atoms with Crippen LogP contribution >= 0.6 is 0 Å². The van der Waals surface area contributed by atoms with Crippen LogP contribution in [0.1, 0.15) is 15.9 Å². The number of hydrogen-bond donors (Lipinski definition) is 2. The first-order valence-electron chi connectivity index (χ1n) is 5.36. The number of nitrogens with zero attached hydrogens (tertiary/aromatic N) is 1.